The molecule has 2 atom stereocenters. The van der Waals surface area contributed by atoms with Gasteiger partial charge < -0.3 is 20.4 Å². The molecule has 0 bridgehead atoms. The van der Waals surface area contributed by atoms with Crippen molar-refractivity contribution >= 4 is 17.8 Å². The summed E-state index contributed by atoms with van der Waals surface area (Å²) in [6.07, 6.45) is 7.03. The molecule has 0 radical (unpaired) electrons. The van der Waals surface area contributed by atoms with Gasteiger partial charge in [-0.05, 0) is 86.5 Å². The average molecular weight is 494 g/mol. The number of carboxylic acid groups (broad SMARTS) is 1. The van der Waals surface area contributed by atoms with Gasteiger partial charge in [0.1, 0.15) is 11.9 Å². The van der Waals surface area contributed by atoms with Gasteiger partial charge in [-0.3, -0.25) is 4.79 Å². The molecule has 36 heavy (non-hydrogen) atoms. The third-order valence-electron chi connectivity index (χ3n) is 7.94. The highest BCUT2D eigenvalue weighted by atomic mass is 16.7. The largest absolute Gasteiger partial charge is 0.480 e. The molecule has 1 fully saturated rings. The van der Waals surface area contributed by atoms with Crippen LogP contribution in [0.5, 0.6) is 0 Å². The molecule has 2 aliphatic carbocycles. The average Bonchev–Trinajstić information content (AvgIpc) is 3.30. The van der Waals surface area contributed by atoms with Crippen molar-refractivity contribution in [2.24, 2.45) is 5.92 Å². The number of fused-ring (bicyclic) bond motifs is 2. The van der Waals surface area contributed by atoms with Crippen LogP contribution in [0, 0.1) is 5.92 Å². The van der Waals surface area contributed by atoms with Crippen molar-refractivity contribution in [2.75, 3.05) is 18.5 Å². The Morgan fingerprint density at radius 2 is 1.97 bits per heavy atom. The zero-order valence-corrected chi connectivity index (χ0v) is 20.6. The van der Waals surface area contributed by atoms with E-state index in [9.17, 15) is 19.8 Å². The number of hydroxylamine groups is 2. The smallest absolute Gasteiger partial charge is 0.332 e. The van der Waals surface area contributed by atoms with Gasteiger partial charge in [-0.15, -0.1) is 5.06 Å². The van der Waals surface area contributed by atoms with Crippen molar-refractivity contribution in [3.63, 3.8) is 0 Å². The highest BCUT2D eigenvalue weighted by molar-refractivity contribution is 5.80. The van der Waals surface area contributed by atoms with Crippen LogP contribution in [-0.4, -0.2) is 57.4 Å². The summed E-state index contributed by atoms with van der Waals surface area (Å²) in [5.74, 6) is -0.453. The fourth-order valence-corrected chi connectivity index (χ4v) is 5.85. The Morgan fingerprint density at radius 3 is 2.78 bits per heavy atom. The van der Waals surface area contributed by atoms with Crippen LogP contribution < -0.4 is 5.32 Å². The summed E-state index contributed by atoms with van der Waals surface area (Å²) in [4.78, 5) is 35.8. The Morgan fingerprint density at radius 1 is 1.14 bits per heavy atom. The second-order valence-electron chi connectivity index (χ2n) is 10.3. The summed E-state index contributed by atoms with van der Waals surface area (Å²) < 4.78 is 0. The maximum Gasteiger partial charge on any atom is 0.332 e. The number of benzene rings is 1. The Labute approximate surface area is 211 Å². The number of aliphatic hydroxyl groups excluding tert-OH is 1. The lowest BCUT2D eigenvalue weighted by Gasteiger charge is -2.43. The van der Waals surface area contributed by atoms with Crippen molar-refractivity contribution < 1.29 is 24.6 Å². The summed E-state index contributed by atoms with van der Waals surface area (Å²) in [6.45, 7) is 0.679. The monoisotopic (exact) mass is 493 g/mol. The number of carbonyl (C=O) groups excluding carboxylic acids is 1. The number of rotatable bonds is 10. The van der Waals surface area contributed by atoms with E-state index in [2.05, 4.69) is 17.4 Å². The SMILES string of the molecule is O=C(ON(C1CC(CCc2ccc3c(n2)NCCC3)C1)[C@@H](CCO)C(=O)O)C1CCc2ccccc21. The predicted octanol–water partition coefficient (Wildman–Crippen LogP) is 3.48. The Hall–Kier alpha value is -2.97. The summed E-state index contributed by atoms with van der Waals surface area (Å²) in [7, 11) is 0. The van der Waals surface area contributed by atoms with Crippen molar-refractivity contribution in [2.45, 2.75) is 75.8 Å². The molecule has 3 N–H and O–H groups in total. The van der Waals surface area contributed by atoms with Gasteiger partial charge in [0.2, 0.25) is 0 Å². The third kappa shape index (κ3) is 5.25. The summed E-state index contributed by atoms with van der Waals surface area (Å²) in [5, 5.41) is 24.1. The van der Waals surface area contributed by atoms with Crippen LogP contribution >= 0.6 is 0 Å². The lowest BCUT2D eigenvalue weighted by atomic mass is 9.76. The highest BCUT2D eigenvalue weighted by Gasteiger charge is 2.43. The van der Waals surface area contributed by atoms with Crippen molar-refractivity contribution in [1.29, 1.82) is 0 Å². The normalized spacial score (nSPS) is 23.2. The number of nitrogens with one attached hydrogen (secondary N) is 1. The fourth-order valence-electron chi connectivity index (χ4n) is 5.85. The summed E-state index contributed by atoms with van der Waals surface area (Å²) >= 11 is 0. The first kappa shape index (κ1) is 24.7. The molecule has 2 aromatic rings. The Balaban J connectivity index is 1.21. The Bertz CT molecular complexity index is 1100. The van der Waals surface area contributed by atoms with Crippen LogP contribution in [0.1, 0.15) is 66.8 Å². The van der Waals surface area contributed by atoms with E-state index < -0.39 is 18.0 Å². The maximum absolute atomic E-state index is 13.2. The topological polar surface area (TPSA) is 112 Å². The van der Waals surface area contributed by atoms with E-state index >= 15 is 0 Å². The summed E-state index contributed by atoms with van der Waals surface area (Å²) in [5.41, 5.74) is 4.46. The minimum atomic E-state index is -1.09. The molecule has 1 aliphatic heterocycles. The van der Waals surface area contributed by atoms with E-state index in [0.717, 1.165) is 74.1 Å². The molecular formula is C28H35N3O5. The standard InChI is InChI=1S/C28H35N3O5/c32-15-13-25(27(33)34)31(36-28(35)24-12-9-19-4-1-2-6-23(19)24)22-16-18(17-22)7-10-21-11-8-20-5-3-14-29-26(20)30-21/h1-2,4,6,8,11,18,22,24-25,32H,3,5,7,9-10,12-17H2,(H,29,30)(H,33,34)/t18?,22?,24?,25-/m0/s1. The first-order valence-electron chi connectivity index (χ1n) is 13.2. The van der Waals surface area contributed by atoms with Gasteiger partial charge in [0.25, 0.3) is 0 Å². The van der Waals surface area contributed by atoms with Gasteiger partial charge in [-0.2, -0.15) is 0 Å². The predicted molar refractivity (Wildman–Crippen MR) is 134 cm³/mol. The molecule has 3 aliphatic rings. The molecule has 1 saturated carbocycles. The van der Waals surface area contributed by atoms with Crippen LogP contribution in [0.15, 0.2) is 36.4 Å². The maximum atomic E-state index is 13.2. The zero-order chi connectivity index (χ0) is 25.1. The molecule has 0 spiro atoms. The molecule has 192 valence electrons. The van der Waals surface area contributed by atoms with Gasteiger partial charge in [-0.1, -0.05) is 30.3 Å². The fraction of sp³-hybridized carbons (Fsp3) is 0.536. The second kappa shape index (κ2) is 11.0. The number of pyridine rings is 1. The molecule has 2 heterocycles. The van der Waals surface area contributed by atoms with Crippen LogP contribution in [-0.2, 0) is 33.7 Å². The number of carbonyl (C=O) groups is 2. The first-order valence-corrected chi connectivity index (χ1v) is 13.2. The zero-order valence-electron chi connectivity index (χ0n) is 20.6. The van der Waals surface area contributed by atoms with E-state index in [-0.39, 0.29) is 25.0 Å². The van der Waals surface area contributed by atoms with Gasteiger partial charge in [0, 0.05) is 24.9 Å². The van der Waals surface area contributed by atoms with Crippen molar-refractivity contribution in [1.82, 2.24) is 10.0 Å². The number of hydrogen-bond donors (Lipinski definition) is 3. The number of aromatic nitrogens is 1. The van der Waals surface area contributed by atoms with E-state index in [1.54, 1.807) is 0 Å². The highest BCUT2D eigenvalue weighted by Crippen LogP contribution is 2.39. The lowest BCUT2D eigenvalue weighted by molar-refractivity contribution is -0.235. The minimum absolute atomic E-state index is 0.0110. The van der Waals surface area contributed by atoms with Crippen molar-refractivity contribution in [3.8, 4) is 0 Å². The molecule has 0 saturated heterocycles. The van der Waals surface area contributed by atoms with Gasteiger partial charge in [0.15, 0.2) is 0 Å². The van der Waals surface area contributed by atoms with Gasteiger partial charge in [0.05, 0.1) is 5.92 Å². The van der Waals surface area contributed by atoms with E-state index in [4.69, 9.17) is 9.82 Å². The van der Waals surface area contributed by atoms with E-state index in [1.165, 1.54) is 10.6 Å². The van der Waals surface area contributed by atoms with Crippen LogP contribution in [0.2, 0.25) is 0 Å². The molecule has 8 heteroatoms. The van der Waals surface area contributed by atoms with Crippen LogP contribution in [0.3, 0.4) is 0 Å². The van der Waals surface area contributed by atoms with E-state index in [1.807, 2.05) is 24.3 Å². The van der Waals surface area contributed by atoms with Crippen LogP contribution in [0.4, 0.5) is 5.82 Å². The first-order chi connectivity index (χ1) is 17.5. The van der Waals surface area contributed by atoms with Crippen LogP contribution in [0.25, 0.3) is 0 Å². The number of aliphatic hydroxyl groups is 1. The molecule has 1 aromatic carbocycles. The summed E-state index contributed by atoms with van der Waals surface area (Å²) in [6, 6.07) is 10.9. The number of carboxylic acids is 1. The van der Waals surface area contributed by atoms with E-state index in [0.29, 0.717) is 12.3 Å². The molecule has 1 unspecified atom stereocenters. The third-order valence-corrected chi connectivity index (χ3v) is 7.94. The lowest BCUT2D eigenvalue weighted by Crippen LogP contribution is -2.54. The molecular weight excluding hydrogens is 458 g/mol. The molecule has 8 nitrogen and oxygen atoms in total. The second-order valence-corrected chi connectivity index (χ2v) is 10.3. The number of aliphatic carboxylic acids is 1. The van der Waals surface area contributed by atoms with Gasteiger partial charge >= 0.3 is 11.9 Å². The number of nitrogens with zero attached hydrogens (tertiary/aromatic N) is 2. The quantitative estimate of drug-likeness (QED) is 0.432. The van der Waals surface area contributed by atoms with Crippen molar-refractivity contribution in [3.05, 3.63) is 58.8 Å². The minimum Gasteiger partial charge on any atom is -0.480 e. The Kier molecular flexibility index (Phi) is 7.53. The van der Waals surface area contributed by atoms with Gasteiger partial charge in [-0.25, -0.2) is 9.78 Å². The number of hydrogen-bond acceptors (Lipinski definition) is 7. The molecule has 0 amide bonds. The number of anilines is 1. The number of aryl methyl sites for hydroxylation is 3. The molecule has 1 aromatic heterocycles. The molecule has 5 rings (SSSR count).